The lowest BCUT2D eigenvalue weighted by Gasteiger charge is -2.19. The number of hydrogen-bond donors (Lipinski definition) is 1. The quantitative estimate of drug-likeness (QED) is 0.542. The topological polar surface area (TPSA) is 84.8 Å². The van der Waals surface area contributed by atoms with Crippen molar-refractivity contribution in [3.8, 4) is 0 Å². The summed E-state index contributed by atoms with van der Waals surface area (Å²) in [6, 6.07) is 22.5. The molecule has 2 atom stereocenters. The van der Waals surface area contributed by atoms with Crippen LogP contribution in [-0.2, 0) is 24.7 Å². The van der Waals surface area contributed by atoms with Crippen LogP contribution < -0.4 is 4.72 Å². The zero-order chi connectivity index (χ0) is 22.5. The fourth-order valence-corrected chi connectivity index (χ4v) is 6.49. The summed E-state index contributed by atoms with van der Waals surface area (Å²) in [5, 5.41) is 0. The molecule has 0 saturated heterocycles. The maximum atomic E-state index is 13.9. The van der Waals surface area contributed by atoms with E-state index in [0.29, 0.717) is 0 Å². The van der Waals surface area contributed by atoms with Gasteiger partial charge in [0.25, 0.3) is 10.0 Å². The fourth-order valence-electron chi connectivity index (χ4n) is 2.96. The lowest BCUT2D eigenvalue weighted by molar-refractivity contribution is 0.107. The summed E-state index contributed by atoms with van der Waals surface area (Å²) in [4.78, 5) is 0.280. The van der Waals surface area contributed by atoms with Crippen LogP contribution in [0, 0.1) is 13.8 Å². The van der Waals surface area contributed by atoms with Gasteiger partial charge >= 0.3 is 0 Å². The minimum Gasteiger partial charge on any atom is -0.375 e. The van der Waals surface area contributed by atoms with E-state index in [1.54, 1.807) is 43.5 Å². The molecule has 0 aliphatic rings. The first-order chi connectivity index (χ1) is 14.7. The van der Waals surface area contributed by atoms with Gasteiger partial charge in [0.05, 0.1) is 15.9 Å². The average molecular weight is 459 g/mol. The fraction of sp³-hybridized carbons (Fsp3) is 0.217. The normalized spacial score (nSPS) is 14.5. The van der Waals surface area contributed by atoms with Crippen molar-refractivity contribution in [1.29, 1.82) is 0 Å². The molecule has 0 heterocycles. The highest BCUT2D eigenvalue weighted by molar-refractivity contribution is 8.02. The number of hydrogen-bond acceptors (Lipinski definition) is 4. The molecule has 6 nitrogen and oxygen atoms in total. The van der Waals surface area contributed by atoms with Crippen LogP contribution >= 0.6 is 0 Å². The Labute approximate surface area is 184 Å². The molecule has 31 heavy (non-hydrogen) atoms. The Bertz CT molecular complexity index is 1230. The van der Waals surface area contributed by atoms with Gasteiger partial charge in [-0.2, -0.15) is 8.42 Å². The second-order valence-corrected chi connectivity index (χ2v) is 11.0. The molecule has 0 aliphatic heterocycles. The minimum atomic E-state index is -4.17. The number of benzene rings is 3. The van der Waals surface area contributed by atoms with Gasteiger partial charge in [0.1, 0.15) is 0 Å². The molecule has 3 aromatic rings. The van der Waals surface area contributed by atoms with Gasteiger partial charge in [-0.15, -0.1) is 0 Å². The highest BCUT2D eigenvalue weighted by Crippen LogP contribution is 2.22. The molecule has 3 aromatic carbocycles. The van der Waals surface area contributed by atoms with Crippen LogP contribution in [0.15, 0.2) is 92.4 Å². The summed E-state index contributed by atoms with van der Waals surface area (Å²) in [7, 11) is -6.12. The maximum absolute atomic E-state index is 13.9. The van der Waals surface area contributed by atoms with Crippen molar-refractivity contribution >= 4 is 19.9 Å². The van der Waals surface area contributed by atoms with Gasteiger partial charge in [0.2, 0.25) is 0 Å². The van der Waals surface area contributed by atoms with Gasteiger partial charge in [-0.25, -0.2) is 8.93 Å². The summed E-state index contributed by atoms with van der Waals surface area (Å²) < 4.78 is 52.1. The average Bonchev–Trinajstić information content (AvgIpc) is 2.75. The van der Waals surface area contributed by atoms with Crippen molar-refractivity contribution in [2.24, 2.45) is 3.77 Å². The second kappa shape index (κ2) is 9.74. The standard InChI is InChI=1S/C23H26N2O4S2/c1-18-9-13-21(14-10-18)30(26,24-17-23(29-3)20-7-5-4-6-8-20)25-31(27,28)22-15-11-19(2)12-16-22/h4-16,23H,17H2,1-3H3,(H,24,25,26). The van der Waals surface area contributed by atoms with Gasteiger partial charge in [-0.05, 0) is 43.7 Å². The Kier molecular flexibility index (Phi) is 7.27. The lowest BCUT2D eigenvalue weighted by Crippen LogP contribution is -2.30. The third-order valence-corrected chi connectivity index (χ3v) is 8.74. The monoisotopic (exact) mass is 458 g/mol. The number of rotatable bonds is 8. The largest absolute Gasteiger partial charge is 0.375 e. The Morgan fingerprint density at radius 3 is 1.84 bits per heavy atom. The molecule has 0 radical (unpaired) electrons. The Balaban J connectivity index is 2.03. The van der Waals surface area contributed by atoms with E-state index in [1.165, 1.54) is 12.1 Å². The molecule has 0 fully saturated rings. The Hall–Kier alpha value is -2.52. The highest BCUT2D eigenvalue weighted by atomic mass is 32.3. The van der Waals surface area contributed by atoms with E-state index in [1.807, 2.05) is 44.2 Å². The summed E-state index contributed by atoms with van der Waals surface area (Å²) in [6.07, 6.45) is -0.426. The van der Waals surface area contributed by atoms with E-state index >= 15 is 0 Å². The van der Waals surface area contributed by atoms with Gasteiger partial charge in [0.15, 0.2) is 9.92 Å². The van der Waals surface area contributed by atoms with Gasteiger partial charge in [0, 0.05) is 13.7 Å². The smallest absolute Gasteiger partial charge is 0.291 e. The van der Waals surface area contributed by atoms with E-state index in [-0.39, 0.29) is 16.3 Å². The van der Waals surface area contributed by atoms with Gasteiger partial charge < -0.3 is 4.74 Å². The zero-order valence-electron chi connectivity index (χ0n) is 17.7. The molecule has 0 bridgehead atoms. The Morgan fingerprint density at radius 1 is 0.806 bits per heavy atom. The van der Waals surface area contributed by atoms with Crippen molar-refractivity contribution in [2.45, 2.75) is 29.7 Å². The third-order valence-electron chi connectivity index (χ3n) is 4.78. The molecule has 3 rings (SSSR count). The molecule has 0 amide bonds. The maximum Gasteiger partial charge on any atom is 0.291 e. The van der Waals surface area contributed by atoms with E-state index in [4.69, 9.17) is 4.74 Å². The Morgan fingerprint density at radius 2 is 1.32 bits per heavy atom. The number of ether oxygens (including phenoxy) is 1. The van der Waals surface area contributed by atoms with Crippen LogP contribution in [0.1, 0.15) is 22.8 Å². The van der Waals surface area contributed by atoms with E-state index in [2.05, 4.69) is 8.49 Å². The van der Waals surface area contributed by atoms with Crippen LogP contribution in [-0.4, -0.2) is 26.3 Å². The van der Waals surface area contributed by atoms with Crippen molar-refractivity contribution in [3.05, 3.63) is 95.6 Å². The number of methoxy groups -OCH3 is 1. The molecular formula is C23H26N2O4S2. The van der Waals surface area contributed by atoms with Crippen molar-refractivity contribution in [3.63, 3.8) is 0 Å². The summed E-state index contributed by atoms with van der Waals surface area (Å²) >= 11 is 0. The number of nitrogens with one attached hydrogen (secondary N) is 1. The second-order valence-electron chi connectivity index (χ2n) is 7.19. The molecular weight excluding hydrogens is 432 g/mol. The van der Waals surface area contributed by atoms with Crippen LogP contribution in [0.2, 0.25) is 0 Å². The molecule has 0 saturated carbocycles. The summed E-state index contributed by atoms with van der Waals surface area (Å²) in [5.41, 5.74) is 2.76. The molecule has 0 aromatic heterocycles. The lowest BCUT2D eigenvalue weighted by atomic mass is 10.1. The summed E-state index contributed by atoms with van der Waals surface area (Å²) in [5.74, 6) is 0. The number of nitrogens with zero attached hydrogens (tertiary/aromatic N) is 1. The third kappa shape index (κ3) is 5.80. The highest BCUT2D eigenvalue weighted by Gasteiger charge is 2.22. The van der Waals surface area contributed by atoms with E-state index in [9.17, 15) is 12.6 Å². The van der Waals surface area contributed by atoms with Crippen LogP contribution in [0.4, 0.5) is 0 Å². The molecule has 0 aliphatic carbocycles. The first-order valence-corrected chi connectivity index (χ1v) is 12.7. The van der Waals surface area contributed by atoms with Crippen molar-refractivity contribution in [2.75, 3.05) is 13.7 Å². The molecule has 164 valence electrons. The number of sulfonamides is 1. The van der Waals surface area contributed by atoms with Crippen LogP contribution in [0.3, 0.4) is 0 Å². The van der Waals surface area contributed by atoms with E-state index in [0.717, 1.165) is 16.7 Å². The first-order valence-electron chi connectivity index (χ1n) is 9.73. The van der Waals surface area contributed by atoms with Gasteiger partial charge in [-0.3, -0.25) is 0 Å². The molecule has 0 spiro atoms. The van der Waals surface area contributed by atoms with Gasteiger partial charge in [-0.1, -0.05) is 69.5 Å². The predicted molar refractivity (Wildman–Crippen MR) is 123 cm³/mol. The predicted octanol–water partition coefficient (Wildman–Crippen LogP) is 4.41. The first kappa shape index (κ1) is 23.1. The van der Waals surface area contributed by atoms with Crippen molar-refractivity contribution < 1.29 is 17.4 Å². The molecule has 2 unspecified atom stereocenters. The molecule has 1 N–H and O–H groups in total. The summed E-state index contributed by atoms with van der Waals surface area (Å²) in [6.45, 7) is 3.87. The van der Waals surface area contributed by atoms with E-state index < -0.39 is 26.0 Å². The van der Waals surface area contributed by atoms with Crippen LogP contribution in [0.5, 0.6) is 0 Å². The molecule has 8 heteroatoms. The minimum absolute atomic E-state index is 0.00825. The van der Waals surface area contributed by atoms with Crippen LogP contribution in [0.25, 0.3) is 0 Å². The SMILES string of the molecule is COC(CNS(=O)(=NS(=O)(=O)c1ccc(C)cc1)c1ccc(C)cc1)c1ccccc1. The number of aryl methyl sites for hydroxylation is 2. The zero-order valence-corrected chi connectivity index (χ0v) is 19.3. The van der Waals surface area contributed by atoms with Crippen molar-refractivity contribution in [1.82, 2.24) is 4.72 Å².